The first-order valence-electron chi connectivity index (χ1n) is 11.4. The molecule has 1 fully saturated rings. The molecule has 3 aromatic heterocycles. The van der Waals surface area contributed by atoms with Crippen molar-refractivity contribution in [2.45, 2.75) is 32.6 Å². The van der Waals surface area contributed by atoms with Crippen LogP contribution in [0, 0.1) is 12.8 Å². The van der Waals surface area contributed by atoms with Crippen molar-refractivity contribution >= 4 is 16.8 Å². The molecule has 1 saturated heterocycles. The van der Waals surface area contributed by atoms with Gasteiger partial charge >= 0.3 is 0 Å². The van der Waals surface area contributed by atoms with Gasteiger partial charge in [-0.25, -0.2) is 4.98 Å². The molecule has 1 aromatic carbocycles. The summed E-state index contributed by atoms with van der Waals surface area (Å²) < 4.78 is 5.91. The molecule has 4 aromatic rings. The summed E-state index contributed by atoms with van der Waals surface area (Å²) in [6.45, 7) is 3.39. The van der Waals surface area contributed by atoms with Gasteiger partial charge in [0.25, 0.3) is 5.91 Å². The SMILES string of the molecule is Cc1ccc(Oc2ncccc2C(=O)N2CCC[C@@H](Cc3cccc4[nH]ncc34)CC2)cn1. The van der Waals surface area contributed by atoms with E-state index in [2.05, 4.69) is 38.4 Å². The number of fused-ring (bicyclic) bond motifs is 1. The zero-order valence-electron chi connectivity index (χ0n) is 18.7. The Labute approximate surface area is 192 Å². The van der Waals surface area contributed by atoms with Gasteiger partial charge in [-0.1, -0.05) is 12.1 Å². The number of nitrogens with zero attached hydrogens (tertiary/aromatic N) is 4. The Hall–Kier alpha value is -3.74. The first kappa shape index (κ1) is 21.1. The Morgan fingerprint density at radius 1 is 1.09 bits per heavy atom. The molecule has 0 spiro atoms. The van der Waals surface area contributed by atoms with Gasteiger partial charge in [-0.3, -0.25) is 14.9 Å². The van der Waals surface area contributed by atoms with Crippen LogP contribution in [0.1, 0.15) is 40.9 Å². The molecule has 0 unspecified atom stereocenters. The molecule has 1 atom stereocenters. The number of aryl methyl sites for hydroxylation is 1. The third kappa shape index (κ3) is 4.72. The lowest BCUT2D eigenvalue weighted by Gasteiger charge is -2.21. The average Bonchev–Trinajstić information content (AvgIpc) is 3.21. The third-order valence-electron chi connectivity index (χ3n) is 6.32. The normalized spacial score (nSPS) is 16.5. The number of H-pyrrole nitrogens is 1. The first-order valence-corrected chi connectivity index (χ1v) is 11.4. The van der Waals surface area contributed by atoms with Crippen molar-refractivity contribution in [1.29, 1.82) is 0 Å². The quantitative estimate of drug-likeness (QED) is 0.474. The standard InChI is InChI=1S/C26H27N5O2/c1-18-9-10-21(16-28-18)33-25-22(7-3-12-27-25)26(32)31-13-4-5-19(11-14-31)15-20-6-2-8-24-23(20)17-29-30-24/h2-3,6-10,12,16-17,19H,4-5,11,13-15H2,1H3,(H,29,30)/t19-/m1/s1. The van der Waals surface area contributed by atoms with Gasteiger partial charge in [-0.05, 0) is 74.4 Å². The maximum atomic E-state index is 13.4. The van der Waals surface area contributed by atoms with E-state index in [9.17, 15) is 4.79 Å². The fourth-order valence-electron chi connectivity index (χ4n) is 4.52. The van der Waals surface area contributed by atoms with Crippen LogP contribution in [0.15, 0.2) is 61.1 Å². The third-order valence-corrected chi connectivity index (χ3v) is 6.32. The monoisotopic (exact) mass is 441 g/mol. The van der Waals surface area contributed by atoms with Crippen molar-refractivity contribution < 1.29 is 9.53 Å². The highest BCUT2D eigenvalue weighted by Gasteiger charge is 2.25. The predicted molar refractivity (Wildman–Crippen MR) is 126 cm³/mol. The van der Waals surface area contributed by atoms with Gasteiger partial charge in [0, 0.05) is 30.4 Å². The van der Waals surface area contributed by atoms with Crippen LogP contribution in [0.4, 0.5) is 0 Å². The summed E-state index contributed by atoms with van der Waals surface area (Å²) in [5, 5.41) is 8.43. The molecule has 4 heterocycles. The van der Waals surface area contributed by atoms with Crippen LogP contribution in [-0.2, 0) is 6.42 Å². The molecule has 0 radical (unpaired) electrons. The van der Waals surface area contributed by atoms with Crippen LogP contribution < -0.4 is 4.74 Å². The summed E-state index contributed by atoms with van der Waals surface area (Å²) in [5.74, 6) is 1.39. The van der Waals surface area contributed by atoms with Crippen LogP contribution in [0.2, 0.25) is 0 Å². The van der Waals surface area contributed by atoms with Crippen LogP contribution in [0.5, 0.6) is 11.6 Å². The molecule has 0 bridgehead atoms. The molecule has 168 valence electrons. The average molecular weight is 442 g/mol. The Bertz CT molecular complexity index is 1250. The second-order valence-electron chi connectivity index (χ2n) is 8.64. The van der Waals surface area contributed by atoms with Gasteiger partial charge in [-0.2, -0.15) is 5.10 Å². The van der Waals surface area contributed by atoms with Crippen molar-refractivity contribution in [3.05, 3.63) is 77.9 Å². The molecule has 1 N–H and O–H groups in total. The van der Waals surface area contributed by atoms with E-state index >= 15 is 0 Å². The van der Waals surface area contributed by atoms with E-state index in [0.29, 0.717) is 23.1 Å². The summed E-state index contributed by atoms with van der Waals surface area (Å²) in [5.41, 5.74) is 3.79. The molecule has 5 rings (SSSR count). The first-order chi connectivity index (χ1) is 16.2. The van der Waals surface area contributed by atoms with E-state index in [1.807, 2.05) is 30.2 Å². The maximum absolute atomic E-state index is 13.4. The lowest BCUT2D eigenvalue weighted by molar-refractivity contribution is 0.0756. The van der Waals surface area contributed by atoms with Crippen molar-refractivity contribution in [3.8, 4) is 11.6 Å². The number of carbonyl (C=O) groups is 1. The second kappa shape index (κ2) is 9.40. The summed E-state index contributed by atoms with van der Waals surface area (Å²) >= 11 is 0. The number of aromatic amines is 1. The van der Waals surface area contributed by atoms with E-state index < -0.39 is 0 Å². The predicted octanol–water partition coefficient (Wildman–Crippen LogP) is 4.94. The van der Waals surface area contributed by atoms with Crippen molar-refractivity contribution in [1.82, 2.24) is 25.1 Å². The van der Waals surface area contributed by atoms with Gasteiger partial charge < -0.3 is 9.64 Å². The second-order valence-corrected chi connectivity index (χ2v) is 8.64. The largest absolute Gasteiger partial charge is 0.437 e. The van der Waals surface area contributed by atoms with E-state index in [1.165, 1.54) is 10.9 Å². The number of nitrogens with one attached hydrogen (secondary N) is 1. The molecule has 7 heteroatoms. The Balaban J connectivity index is 1.27. The highest BCUT2D eigenvalue weighted by atomic mass is 16.5. The number of ether oxygens (including phenoxy) is 1. The zero-order chi connectivity index (χ0) is 22.6. The van der Waals surface area contributed by atoms with Gasteiger partial charge in [0.15, 0.2) is 0 Å². The topological polar surface area (TPSA) is 84.0 Å². The van der Waals surface area contributed by atoms with Crippen molar-refractivity contribution in [3.63, 3.8) is 0 Å². The van der Waals surface area contributed by atoms with Gasteiger partial charge in [0.2, 0.25) is 5.88 Å². The minimum atomic E-state index is -0.0317. The molecule has 1 aliphatic rings. The Kier molecular flexibility index (Phi) is 6.02. The van der Waals surface area contributed by atoms with Crippen LogP contribution in [-0.4, -0.2) is 44.1 Å². The van der Waals surface area contributed by atoms with E-state index in [4.69, 9.17) is 4.74 Å². The Morgan fingerprint density at radius 3 is 2.91 bits per heavy atom. The summed E-state index contributed by atoms with van der Waals surface area (Å²) in [6, 6.07) is 13.6. The maximum Gasteiger partial charge on any atom is 0.259 e. The molecule has 33 heavy (non-hydrogen) atoms. The molecule has 0 saturated carbocycles. The number of pyridine rings is 2. The van der Waals surface area contributed by atoms with Gasteiger partial charge in [-0.15, -0.1) is 0 Å². The number of rotatable bonds is 5. The molecule has 1 amide bonds. The van der Waals surface area contributed by atoms with Gasteiger partial charge in [0.05, 0.1) is 17.9 Å². The molecule has 7 nitrogen and oxygen atoms in total. The number of benzene rings is 1. The Morgan fingerprint density at radius 2 is 2.03 bits per heavy atom. The summed E-state index contributed by atoms with van der Waals surface area (Å²) in [4.78, 5) is 23.9. The van der Waals surface area contributed by atoms with E-state index in [1.54, 1.807) is 24.5 Å². The highest BCUT2D eigenvalue weighted by Crippen LogP contribution is 2.28. The minimum Gasteiger partial charge on any atom is -0.437 e. The fourth-order valence-corrected chi connectivity index (χ4v) is 4.52. The summed E-state index contributed by atoms with van der Waals surface area (Å²) in [7, 11) is 0. The number of hydrogen-bond donors (Lipinski definition) is 1. The number of aromatic nitrogens is 4. The number of likely N-dealkylation sites (tertiary alicyclic amines) is 1. The van der Waals surface area contributed by atoms with Crippen LogP contribution in [0.3, 0.4) is 0 Å². The number of carbonyl (C=O) groups excluding carboxylic acids is 1. The highest BCUT2D eigenvalue weighted by molar-refractivity contribution is 5.96. The molecule has 0 aliphatic carbocycles. The van der Waals surface area contributed by atoms with Crippen molar-refractivity contribution in [2.75, 3.05) is 13.1 Å². The minimum absolute atomic E-state index is 0.0317. The number of hydrogen-bond acceptors (Lipinski definition) is 5. The number of amides is 1. The molecular weight excluding hydrogens is 414 g/mol. The fraction of sp³-hybridized carbons (Fsp3) is 0.308. The smallest absolute Gasteiger partial charge is 0.259 e. The van der Waals surface area contributed by atoms with Gasteiger partial charge in [0.1, 0.15) is 11.3 Å². The van der Waals surface area contributed by atoms with E-state index in [0.717, 1.165) is 50.0 Å². The van der Waals surface area contributed by atoms with E-state index in [-0.39, 0.29) is 5.91 Å². The van der Waals surface area contributed by atoms with Crippen LogP contribution in [0.25, 0.3) is 10.9 Å². The van der Waals surface area contributed by atoms with Crippen molar-refractivity contribution in [2.24, 2.45) is 5.92 Å². The van der Waals surface area contributed by atoms with Crippen LogP contribution >= 0.6 is 0 Å². The molecule has 1 aliphatic heterocycles. The lowest BCUT2D eigenvalue weighted by atomic mass is 9.91. The zero-order valence-corrected chi connectivity index (χ0v) is 18.7. The molecular formula is C26H27N5O2. The lowest BCUT2D eigenvalue weighted by Crippen LogP contribution is -2.32. The summed E-state index contributed by atoms with van der Waals surface area (Å²) in [6.07, 6.45) is 9.25.